The third kappa shape index (κ3) is 51.7. The van der Waals surface area contributed by atoms with Gasteiger partial charge in [0, 0.05) is 13.0 Å². The van der Waals surface area contributed by atoms with E-state index in [0.717, 1.165) is 64.2 Å². The van der Waals surface area contributed by atoms with Crippen molar-refractivity contribution < 1.29 is 23.8 Å². The first-order valence-electron chi connectivity index (χ1n) is 27.1. The van der Waals surface area contributed by atoms with E-state index in [1.54, 1.807) is 0 Å². The zero-order valence-electron chi connectivity index (χ0n) is 42.3. The fourth-order valence-electron chi connectivity index (χ4n) is 7.40. The second-order valence-corrected chi connectivity index (χ2v) is 17.8. The second kappa shape index (κ2) is 54.4. The maximum Gasteiger partial charge on any atom is 0.310 e. The number of carbonyl (C=O) groups is 2. The van der Waals surface area contributed by atoms with E-state index in [1.165, 1.54) is 154 Å². The highest BCUT2D eigenvalue weighted by Gasteiger charge is 2.17. The van der Waals surface area contributed by atoms with Crippen LogP contribution in [0.3, 0.4) is 0 Å². The van der Waals surface area contributed by atoms with Crippen LogP contribution in [0.1, 0.15) is 252 Å². The van der Waals surface area contributed by atoms with Gasteiger partial charge >= 0.3 is 11.9 Å². The van der Waals surface area contributed by atoms with Crippen LogP contribution in [0.5, 0.6) is 0 Å². The predicted octanol–water partition coefficient (Wildman–Crippen LogP) is 18.5. The summed E-state index contributed by atoms with van der Waals surface area (Å²) >= 11 is 0. The number of carbonyl (C=O) groups excluding carboxylic acids is 2. The van der Waals surface area contributed by atoms with E-state index < -0.39 is 6.10 Å². The van der Waals surface area contributed by atoms with Crippen molar-refractivity contribution in [2.24, 2.45) is 0 Å². The van der Waals surface area contributed by atoms with Gasteiger partial charge in [-0.3, -0.25) is 9.59 Å². The van der Waals surface area contributed by atoms with Crippen molar-refractivity contribution >= 4 is 11.9 Å². The summed E-state index contributed by atoms with van der Waals surface area (Å²) in [6.45, 7) is 7.60. The predicted molar refractivity (Wildman–Crippen MR) is 279 cm³/mol. The number of ether oxygens (including phenoxy) is 3. The molecule has 0 aromatic rings. The molecule has 64 heavy (non-hydrogen) atoms. The van der Waals surface area contributed by atoms with Crippen LogP contribution in [0.25, 0.3) is 0 Å². The number of esters is 2. The number of unbranched alkanes of at least 4 members (excludes halogenated alkanes) is 25. The van der Waals surface area contributed by atoms with E-state index in [4.69, 9.17) is 14.2 Å². The zero-order chi connectivity index (χ0) is 46.3. The molecule has 0 aromatic carbocycles. The summed E-state index contributed by atoms with van der Waals surface area (Å²) in [6.07, 6.45) is 71.9. The van der Waals surface area contributed by atoms with Gasteiger partial charge in [0.1, 0.15) is 6.61 Å². The van der Waals surface area contributed by atoms with Crippen molar-refractivity contribution in [3.8, 4) is 0 Å². The largest absolute Gasteiger partial charge is 0.462 e. The smallest absolute Gasteiger partial charge is 0.310 e. The molecule has 0 radical (unpaired) electrons. The Morgan fingerprint density at radius 3 is 1.19 bits per heavy atom. The molecule has 0 N–H and O–H groups in total. The standard InChI is InChI=1S/C59H102O5/c1-4-7-10-13-16-19-22-25-28-30-32-34-37-40-43-46-49-52-58(60)63-56-57(55-62-54-51-48-45-42-39-36-33-29-26-23-20-17-14-11-8-5-2)64-59(61)53-50-47-44-41-38-35-31-27-24-21-18-15-12-9-6-3/h9,12,18,21,25-29,31,38,41,47,50,57H,4-8,10-11,13-17,19-20,22-24,30,32-37,39-40,42-46,48-49,51-56H2,1-3H3/b12-9-,21-18-,28-25-,29-26-,31-27-,41-38-,50-47-. The van der Waals surface area contributed by atoms with Crippen LogP contribution in [-0.4, -0.2) is 37.9 Å². The third-order valence-corrected chi connectivity index (χ3v) is 11.4. The minimum absolute atomic E-state index is 0.0387. The molecule has 0 saturated heterocycles. The summed E-state index contributed by atoms with van der Waals surface area (Å²) in [5.74, 6) is -0.549. The summed E-state index contributed by atoms with van der Waals surface area (Å²) in [6, 6.07) is 0. The van der Waals surface area contributed by atoms with Crippen molar-refractivity contribution in [3.63, 3.8) is 0 Å². The van der Waals surface area contributed by atoms with E-state index in [1.807, 2.05) is 12.2 Å². The lowest BCUT2D eigenvalue weighted by molar-refractivity contribution is -0.162. The van der Waals surface area contributed by atoms with Gasteiger partial charge in [0.15, 0.2) is 6.10 Å². The molecule has 0 aliphatic carbocycles. The fraction of sp³-hybridized carbons (Fsp3) is 0.729. The van der Waals surface area contributed by atoms with Gasteiger partial charge in [0.2, 0.25) is 0 Å². The van der Waals surface area contributed by atoms with Crippen molar-refractivity contribution in [3.05, 3.63) is 85.1 Å². The molecule has 0 aromatic heterocycles. The van der Waals surface area contributed by atoms with Crippen LogP contribution in [-0.2, 0) is 23.8 Å². The Balaban J connectivity index is 4.39. The normalized spacial score (nSPS) is 12.9. The highest BCUT2D eigenvalue weighted by molar-refractivity contribution is 5.71. The topological polar surface area (TPSA) is 61.8 Å². The van der Waals surface area contributed by atoms with Crippen molar-refractivity contribution in [1.29, 1.82) is 0 Å². The van der Waals surface area contributed by atoms with Gasteiger partial charge in [-0.2, -0.15) is 0 Å². The van der Waals surface area contributed by atoms with Gasteiger partial charge < -0.3 is 14.2 Å². The molecule has 0 aliphatic heterocycles. The molecule has 1 atom stereocenters. The Bertz CT molecular complexity index is 1190. The Morgan fingerprint density at radius 1 is 0.375 bits per heavy atom. The number of hydrogen-bond acceptors (Lipinski definition) is 5. The molecule has 0 aliphatic rings. The van der Waals surface area contributed by atoms with Gasteiger partial charge in [-0.15, -0.1) is 0 Å². The molecule has 0 spiro atoms. The van der Waals surface area contributed by atoms with Crippen LogP contribution in [0.4, 0.5) is 0 Å². The zero-order valence-corrected chi connectivity index (χ0v) is 42.3. The van der Waals surface area contributed by atoms with Gasteiger partial charge in [-0.1, -0.05) is 228 Å². The maximum absolute atomic E-state index is 12.8. The Morgan fingerprint density at radius 2 is 0.750 bits per heavy atom. The molecule has 0 amide bonds. The first kappa shape index (κ1) is 61.1. The average Bonchev–Trinajstić information content (AvgIpc) is 3.30. The van der Waals surface area contributed by atoms with Crippen molar-refractivity contribution in [2.75, 3.05) is 19.8 Å². The van der Waals surface area contributed by atoms with Gasteiger partial charge in [-0.05, 0) is 96.3 Å². The quantitative estimate of drug-likeness (QED) is 0.0346. The minimum atomic E-state index is -0.598. The first-order valence-corrected chi connectivity index (χ1v) is 27.1. The van der Waals surface area contributed by atoms with E-state index in [2.05, 4.69) is 93.7 Å². The maximum atomic E-state index is 12.8. The number of allylic oxidation sites excluding steroid dienone is 13. The van der Waals surface area contributed by atoms with Gasteiger partial charge in [0.05, 0.1) is 13.0 Å². The summed E-state index contributed by atoms with van der Waals surface area (Å²) < 4.78 is 17.3. The Labute approximate surface area is 397 Å². The van der Waals surface area contributed by atoms with Crippen LogP contribution in [0.15, 0.2) is 85.1 Å². The highest BCUT2D eigenvalue weighted by atomic mass is 16.6. The first-order chi connectivity index (χ1) is 31.6. The molecule has 0 heterocycles. The SMILES string of the molecule is CC/C=C\C/C=C\C/C=C\C/C=C\C/C=C\CC(=O)OC(COCCCCCCCC/C=C\CCCCCCCC)COC(=O)CCCCCCCCC/C=C\CCCCCCCC. The minimum Gasteiger partial charge on any atom is -0.462 e. The van der Waals surface area contributed by atoms with Crippen LogP contribution in [0.2, 0.25) is 0 Å². The third-order valence-electron chi connectivity index (χ3n) is 11.4. The Kier molecular flexibility index (Phi) is 51.9. The monoisotopic (exact) mass is 891 g/mol. The molecule has 1 unspecified atom stereocenters. The molecule has 0 rings (SSSR count). The molecular weight excluding hydrogens is 789 g/mol. The lowest BCUT2D eigenvalue weighted by atomic mass is 10.1. The van der Waals surface area contributed by atoms with Gasteiger partial charge in [-0.25, -0.2) is 0 Å². The summed E-state index contributed by atoms with van der Waals surface area (Å²) in [4.78, 5) is 25.4. The lowest BCUT2D eigenvalue weighted by Gasteiger charge is -2.18. The summed E-state index contributed by atoms with van der Waals surface area (Å²) in [5, 5.41) is 0. The molecule has 368 valence electrons. The molecule has 0 fully saturated rings. The van der Waals surface area contributed by atoms with Crippen LogP contribution < -0.4 is 0 Å². The molecule has 0 saturated carbocycles. The Hall–Kier alpha value is -2.92. The van der Waals surface area contributed by atoms with Crippen molar-refractivity contribution in [1.82, 2.24) is 0 Å². The van der Waals surface area contributed by atoms with Crippen LogP contribution in [0, 0.1) is 0 Å². The second-order valence-electron chi connectivity index (χ2n) is 17.8. The summed E-state index contributed by atoms with van der Waals surface area (Å²) in [5.41, 5.74) is 0. The summed E-state index contributed by atoms with van der Waals surface area (Å²) in [7, 11) is 0. The van der Waals surface area contributed by atoms with E-state index in [0.29, 0.717) is 13.0 Å². The van der Waals surface area contributed by atoms with Gasteiger partial charge in [0.25, 0.3) is 0 Å². The highest BCUT2D eigenvalue weighted by Crippen LogP contribution is 2.14. The molecule has 0 bridgehead atoms. The lowest BCUT2D eigenvalue weighted by Crippen LogP contribution is -2.29. The van der Waals surface area contributed by atoms with Crippen LogP contribution >= 0.6 is 0 Å². The van der Waals surface area contributed by atoms with Crippen molar-refractivity contribution in [2.45, 2.75) is 258 Å². The average molecular weight is 891 g/mol. The molecular formula is C59H102O5. The molecule has 5 heteroatoms. The molecule has 5 nitrogen and oxygen atoms in total. The fourth-order valence-corrected chi connectivity index (χ4v) is 7.40. The number of rotatable bonds is 49. The van der Waals surface area contributed by atoms with E-state index in [-0.39, 0.29) is 31.6 Å². The van der Waals surface area contributed by atoms with E-state index in [9.17, 15) is 9.59 Å². The number of hydrogen-bond donors (Lipinski definition) is 0. The van der Waals surface area contributed by atoms with E-state index >= 15 is 0 Å².